The molecule has 2 aliphatic rings. The van der Waals surface area contributed by atoms with Crippen molar-refractivity contribution < 1.29 is 9.90 Å². The van der Waals surface area contributed by atoms with Crippen LogP contribution in [0.1, 0.15) is 28.9 Å². The predicted octanol–water partition coefficient (Wildman–Crippen LogP) is 1.83. The number of thiazole rings is 1. The maximum absolute atomic E-state index is 10.7. The van der Waals surface area contributed by atoms with Gasteiger partial charge in [0.15, 0.2) is 5.13 Å². The molecule has 0 aromatic carbocycles. The summed E-state index contributed by atoms with van der Waals surface area (Å²) in [7, 11) is 0. The summed E-state index contributed by atoms with van der Waals surface area (Å²) >= 11 is 1.29. The van der Waals surface area contributed by atoms with Crippen LogP contribution in [0.15, 0.2) is 6.20 Å². The number of fused-ring (bicyclic) bond motifs is 2. The molecule has 80 valence electrons. The number of carboxylic acids is 1. The van der Waals surface area contributed by atoms with Crippen LogP contribution in [0.25, 0.3) is 0 Å². The lowest BCUT2D eigenvalue weighted by atomic mass is 10.1. The van der Waals surface area contributed by atoms with Crippen LogP contribution in [-0.4, -0.2) is 28.6 Å². The van der Waals surface area contributed by atoms with Crippen LogP contribution < -0.4 is 4.90 Å². The van der Waals surface area contributed by atoms with Gasteiger partial charge in [0, 0.05) is 12.6 Å². The van der Waals surface area contributed by atoms with Crippen LogP contribution in [0, 0.1) is 5.92 Å². The summed E-state index contributed by atoms with van der Waals surface area (Å²) in [6, 6.07) is 0.614. The molecule has 2 heterocycles. The number of rotatable bonds is 2. The molecule has 2 atom stereocenters. The van der Waals surface area contributed by atoms with E-state index >= 15 is 0 Å². The van der Waals surface area contributed by atoms with E-state index in [4.69, 9.17) is 5.11 Å². The molecule has 15 heavy (non-hydrogen) atoms. The van der Waals surface area contributed by atoms with E-state index in [1.807, 2.05) is 0 Å². The van der Waals surface area contributed by atoms with Crippen LogP contribution >= 0.6 is 11.3 Å². The molecule has 3 rings (SSSR count). The first kappa shape index (κ1) is 9.15. The Morgan fingerprint density at radius 3 is 3.00 bits per heavy atom. The zero-order valence-corrected chi connectivity index (χ0v) is 9.04. The summed E-state index contributed by atoms with van der Waals surface area (Å²) in [5.41, 5.74) is 0. The van der Waals surface area contributed by atoms with Gasteiger partial charge in [-0.25, -0.2) is 9.78 Å². The number of aromatic carboxylic acids is 1. The second-order valence-electron chi connectivity index (χ2n) is 4.30. The van der Waals surface area contributed by atoms with E-state index in [0.29, 0.717) is 10.9 Å². The van der Waals surface area contributed by atoms with Crippen molar-refractivity contribution >= 4 is 22.4 Å². The van der Waals surface area contributed by atoms with Crippen molar-refractivity contribution in [2.45, 2.75) is 25.3 Å². The molecule has 1 aliphatic carbocycles. The highest BCUT2D eigenvalue weighted by atomic mass is 32.1. The first-order valence-electron chi connectivity index (χ1n) is 5.20. The molecular formula is C10H12N2O2S. The van der Waals surface area contributed by atoms with Crippen molar-refractivity contribution in [1.29, 1.82) is 0 Å². The number of piperidine rings is 1. The van der Waals surface area contributed by atoms with Crippen molar-refractivity contribution in [3.05, 3.63) is 11.1 Å². The van der Waals surface area contributed by atoms with E-state index in [2.05, 4.69) is 9.88 Å². The van der Waals surface area contributed by atoms with E-state index in [9.17, 15) is 4.79 Å². The largest absolute Gasteiger partial charge is 0.477 e. The summed E-state index contributed by atoms with van der Waals surface area (Å²) in [6.07, 6.45) is 5.31. The molecule has 2 fully saturated rings. The van der Waals surface area contributed by atoms with Crippen LogP contribution in [0.5, 0.6) is 0 Å². The number of carbonyl (C=O) groups is 1. The minimum absolute atomic E-state index is 0.341. The number of carboxylic acid groups (broad SMARTS) is 1. The highest BCUT2D eigenvalue weighted by Crippen LogP contribution is 2.41. The van der Waals surface area contributed by atoms with Crippen LogP contribution in [0.2, 0.25) is 0 Å². The molecule has 1 aromatic heterocycles. The fraction of sp³-hybridized carbons (Fsp3) is 0.600. The van der Waals surface area contributed by atoms with E-state index in [1.165, 1.54) is 36.8 Å². The Morgan fingerprint density at radius 2 is 2.47 bits per heavy atom. The van der Waals surface area contributed by atoms with Crippen LogP contribution in [0.3, 0.4) is 0 Å². The topological polar surface area (TPSA) is 53.4 Å². The van der Waals surface area contributed by atoms with Crippen molar-refractivity contribution in [3.63, 3.8) is 0 Å². The second-order valence-corrected chi connectivity index (χ2v) is 5.31. The van der Waals surface area contributed by atoms with Crippen molar-refractivity contribution in [3.8, 4) is 0 Å². The Hall–Kier alpha value is -1.10. The Balaban J connectivity index is 1.84. The molecular weight excluding hydrogens is 212 g/mol. The van der Waals surface area contributed by atoms with Gasteiger partial charge in [-0.15, -0.1) is 0 Å². The normalized spacial score (nSPS) is 28.7. The summed E-state index contributed by atoms with van der Waals surface area (Å²) in [4.78, 5) is 17.6. The van der Waals surface area contributed by atoms with E-state index < -0.39 is 5.97 Å². The third kappa shape index (κ3) is 1.42. The molecule has 1 aliphatic heterocycles. The van der Waals surface area contributed by atoms with E-state index in [-0.39, 0.29) is 0 Å². The van der Waals surface area contributed by atoms with E-state index in [1.54, 1.807) is 0 Å². The fourth-order valence-electron chi connectivity index (χ4n) is 2.66. The first-order chi connectivity index (χ1) is 7.24. The zero-order chi connectivity index (χ0) is 10.4. The standard InChI is InChI=1S/C10H12N2O2S/c13-9(14)8-4-11-10(15-8)12-5-6-1-2-7(12)3-6/h4,6-7H,1-3,5H2,(H,13,14)/t6-,7-/m0/s1. The van der Waals surface area contributed by atoms with Gasteiger partial charge in [0.2, 0.25) is 0 Å². The lowest BCUT2D eigenvalue weighted by molar-refractivity contribution is 0.0702. The minimum atomic E-state index is -0.872. The smallest absolute Gasteiger partial charge is 0.347 e. The number of hydrogen-bond acceptors (Lipinski definition) is 4. The molecule has 1 saturated carbocycles. The molecule has 4 nitrogen and oxygen atoms in total. The molecule has 0 amide bonds. The molecule has 1 N–H and O–H groups in total. The lowest BCUT2D eigenvalue weighted by Crippen LogP contribution is -2.31. The van der Waals surface area contributed by atoms with Gasteiger partial charge >= 0.3 is 5.97 Å². The average molecular weight is 224 g/mol. The number of aromatic nitrogens is 1. The summed E-state index contributed by atoms with van der Waals surface area (Å²) < 4.78 is 0. The second kappa shape index (κ2) is 3.20. The molecule has 0 unspecified atom stereocenters. The third-order valence-electron chi connectivity index (χ3n) is 3.36. The summed E-state index contributed by atoms with van der Waals surface area (Å²) in [5.74, 6) is -0.0599. The van der Waals surface area contributed by atoms with Gasteiger partial charge in [0.05, 0.1) is 6.20 Å². The predicted molar refractivity (Wildman–Crippen MR) is 57.5 cm³/mol. The quantitative estimate of drug-likeness (QED) is 0.832. The summed E-state index contributed by atoms with van der Waals surface area (Å²) in [5, 5.41) is 9.71. The summed E-state index contributed by atoms with van der Waals surface area (Å²) in [6.45, 7) is 1.07. The van der Waals surface area contributed by atoms with Crippen LogP contribution in [-0.2, 0) is 0 Å². The van der Waals surface area contributed by atoms with Gasteiger partial charge < -0.3 is 10.0 Å². The monoisotopic (exact) mass is 224 g/mol. The van der Waals surface area contributed by atoms with Gasteiger partial charge in [0.25, 0.3) is 0 Å². The molecule has 0 radical (unpaired) electrons. The maximum Gasteiger partial charge on any atom is 0.347 e. The van der Waals surface area contributed by atoms with Gasteiger partial charge in [-0.2, -0.15) is 0 Å². The Bertz CT molecular complexity index is 404. The number of hydrogen-bond donors (Lipinski definition) is 1. The molecule has 1 aromatic rings. The van der Waals surface area contributed by atoms with Crippen molar-refractivity contribution in [2.75, 3.05) is 11.4 Å². The van der Waals surface area contributed by atoms with Gasteiger partial charge in [0.1, 0.15) is 4.88 Å². The maximum atomic E-state index is 10.7. The molecule has 2 bridgehead atoms. The highest BCUT2D eigenvalue weighted by Gasteiger charge is 2.39. The molecule has 5 heteroatoms. The zero-order valence-electron chi connectivity index (χ0n) is 8.22. The first-order valence-corrected chi connectivity index (χ1v) is 6.01. The Kier molecular flexibility index (Phi) is 1.95. The average Bonchev–Trinajstić information content (AvgIpc) is 2.93. The molecule has 1 saturated heterocycles. The molecule has 0 spiro atoms. The fourth-order valence-corrected chi connectivity index (χ4v) is 3.49. The van der Waals surface area contributed by atoms with Gasteiger partial charge in [-0.1, -0.05) is 11.3 Å². The Labute approximate surface area is 91.5 Å². The number of nitrogens with zero attached hydrogens (tertiary/aromatic N) is 2. The van der Waals surface area contributed by atoms with Gasteiger partial charge in [-0.3, -0.25) is 0 Å². The SMILES string of the molecule is O=C(O)c1cnc(N2C[C@H]3CC[C@H]2C3)s1. The van der Waals surface area contributed by atoms with E-state index in [0.717, 1.165) is 17.6 Å². The van der Waals surface area contributed by atoms with Crippen molar-refractivity contribution in [2.24, 2.45) is 5.92 Å². The lowest BCUT2D eigenvalue weighted by Gasteiger charge is -2.26. The highest BCUT2D eigenvalue weighted by molar-refractivity contribution is 7.17. The minimum Gasteiger partial charge on any atom is -0.477 e. The van der Waals surface area contributed by atoms with Crippen molar-refractivity contribution in [1.82, 2.24) is 4.98 Å². The number of anilines is 1. The van der Waals surface area contributed by atoms with Crippen LogP contribution in [0.4, 0.5) is 5.13 Å². The Morgan fingerprint density at radius 1 is 1.60 bits per heavy atom. The van der Waals surface area contributed by atoms with Gasteiger partial charge in [-0.05, 0) is 25.2 Å². The third-order valence-corrected chi connectivity index (χ3v) is 4.38.